The summed E-state index contributed by atoms with van der Waals surface area (Å²) in [6.07, 6.45) is 6.02. The van der Waals surface area contributed by atoms with Gasteiger partial charge in [-0.2, -0.15) is 0 Å². The molecule has 2 N–H and O–H groups in total. The number of ether oxygens (including phenoxy) is 1. The minimum Gasteiger partial charge on any atom is -0.379 e. The Hall–Kier alpha value is -0.610. The van der Waals surface area contributed by atoms with Gasteiger partial charge in [-0.05, 0) is 37.6 Å². The Morgan fingerprint density at radius 3 is 2.67 bits per heavy atom. The summed E-state index contributed by atoms with van der Waals surface area (Å²) in [4.78, 5) is 12.6. The van der Waals surface area contributed by atoms with Gasteiger partial charge in [-0.15, -0.1) is 0 Å². The van der Waals surface area contributed by atoms with Crippen molar-refractivity contribution in [2.24, 2.45) is 17.8 Å². The van der Waals surface area contributed by atoms with Crippen LogP contribution < -0.4 is 10.6 Å². The minimum atomic E-state index is -0.0220. The molecule has 2 fully saturated rings. The first kappa shape index (κ1) is 16.8. The van der Waals surface area contributed by atoms with Gasteiger partial charge in [-0.1, -0.05) is 33.6 Å². The highest BCUT2D eigenvalue weighted by Crippen LogP contribution is 2.30. The van der Waals surface area contributed by atoms with Gasteiger partial charge >= 0.3 is 0 Å². The lowest BCUT2D eigenvalue weighted by molar-refractivity contribution is -0.127. The Labute approximate surface area is 129 Å². The van der Waals surface area contributed by atoms with Gasteiger partial charge in [0.25, 0.3) is 0 Å². The van der Waals surface area contributed by atoms with Crippen molar-refractivity contribution in [2.45, 2.75) is 65.0 Å². The summed E-state index contributed by atoms with van der Waals surface area (Å²) in [7, 11) is 0. The van der Waals surface area contributed by atoms with Crippen LogP contribution in [0.25, 0.3) is 0 Å². The highest BCUT2D eigenvalue weighted by molar-refractivity contribution is 5.80. The lowest BCUT2D eigenvalue weighted by atomic mass is 9.77. The number of carbonyl (C=O) groups excluding carboxylic acids is 1. The fourth-order valence-corrected chi connectivity index (χ4v) is 3.77. The lowest BCUT2D eigenvalue weighted by Gasteiger charge is -2.35. The number of hydrogen-bond acceptors (Lipinski definition) is 3. The molecule has 1 heterocycles. The largest absolute Gasteiger partial charge is 0.379 e. The molecule has 1 amide bonds. The third-order valence-electron chi connectivity index (χ3n) is 5.08. The first-order valence-electron chi connectivity index (χ1n) is 8.75. The number of hydrogen-bond donors (Lipinski definition) is 2. The molecule has 2 rings (SSSR count). The fourth-order valence-electron chi connectivity index (χ4n) is 3.77. The summed E-state index contributed by atoms with van der Waals surface area (Å²) < 4.78 is 5.53. The summed E-state index contributed by atoms with van der Waals surface area (Å²) in [5.74, 6) is 1.45. The minimum absolute atomic E-state index is 0.0220. The SMILES string of the molecule is CCCNC1COCC1C(=O)NC1CCCCC1C(C)C. The molecule has 122 valence electrons. The van der Waals surface area contributed by atoms with E-state index >= 15 is 0 Å². The molecule has 0 spiro atoms. The first-order valence-corrected chi connectivity index (χ1v) is 8.75. The van der Waals surface area contributed by atoms with Crippen LogP contribution in [0.15, 0.2) is 0 Å². The number of amides is 1. The third kappa shape index (κ3) is 4.43. The molecule has 4 heteroatoms. The van der Waals surface area contributed by atoms with Crippen molar-refractivity contribution in [1.82, 2.24) is 10.6 Å². The zero-order chi connectivity index (χ0) is 15.2. The lowest BCUT2D eigenvalue weighted by Crippen LogP contribution is -2.50. The topological polar surface area (TPSA) is 50.4 Å². The highest BCUT2D eigenvalue weighted by atomic mass is 16.5. The summed E-state index contributed by atoms with van der Waals surface area (Å²) in [5, 5.41) is 6.79. The predicted molar refractivity (Wildman–Crippen MR) is 85.1 cm³/mol. The Kier molecular flexibility index (Phi) is 6.49. The monoisotopic (exact) mass is 296 g/mol. The van der Waals surface area contributed by atoms with E-state index in [4.69, 9.17) is 4.74 Å². The van der Waals surface area contributed by atoms with Gasteiger partial charge in [0.15, 0.2) is 0 Å². The molecule has 0 bridgehead atoms. The molecule has 0 aromatic heterocycles. The second-order valence-corrected chi connectivity index (χ2v) is 7.01. The molecule has 4 atom stereocenters. The van der Waals surface area contributed by atoms with Gasteiger partial charge in [0, 0.05) is 12.1 Å². The number of rotatable bonds is 6. The van der Waals surface area contributed by atoms with Crippen LogP contribution in [0.1, 0.15) is 52.9 Å². The van der Waals surface area contributed by atoms with Gasteiger partial charge in [0.2, 0.25) is 5.91 Å². The number of carbonyl (C=O) groups is 1. The molecule has 1 saturated heterocycles. The molecule has 0 radical (unpaired) electrons. The molecular weight excluding hydrogens is 264 g/mol. The average Bonchev–Trinajstić information content (AvgIpc) is 2.94. The second-order valence-electron chi connectivity index (χ2n) is 7.01. The zero-order valence-electron chi connectivity index (χ0n) is 13.9. The van der Waals surface area contributed by atoms with Crippen LogP contribution in [-0.4, -0.2) is 37.7 Å². The molecule has 0 aromatic carbocycles. The molecule has 21 heavy (non-hydrogen) atoms. The maximum absolute atomic E-state index is 12.6. The quantitative estimate of drug-likeness (QED) is 0.791. The third-order valence-corrected chi connectivity index (χ3v) is 5.08. The van der Waals surface area contributed by atoms with Gasteiger partial charge in [-0.3, -0.25) is 4.79 Å². The molecule has 4 nitrogen and oxygen atoms in total. The Morgan fingerprint density at radius 2 is 1.95 bits per heavy atom. The molecule has 1 aliphatic heterocycles. The molecule has 4 unspecified atom stereocenters. The molecule has 1 saturated carbocycles. The van der Waals surface area contributed by atoms with E-state index in [1.165, 1.54) is 19.3 Å². The maximum atomic E-state index is 12.6. The Bertz CT molecular complexity index is 333. The van der Waals surface area contributed by atoms with Crippen molar-refractivity contribution in [3.05, 3.63) is 0 Å². The number of nitrogens with one attached hydrogen (secondary N) is 2. The Morgan fingerprint density at radius 1 is 1.19 bits per heavy atom. The average molecular weight is 296 g/mol. The van der Waals surface area contributed by atoms with E-state index in [1.807, 2.05) is 0 Å². The Balaban J connectivity index is 1.89. The fraction of sp³-hybridized carbons (Fsp3) is 0.941. The summed E-state index contributed by atoms with van der Waals surface area (Å²) in [6.45, 7) is 8.88. The van der Waals surface area contributed by atoms with Crippen LogP contribution in [0.3, 0.4) is 0 Å². The van der Waals surface area contributed by atoms with Gasteiger partial charge in [0.1, 0.15) is 0 Å². The van der Waals surface area contributed by atoms with Crippen LogP contribution in [-0.2, 0) is 9.53 Å². The summed E-state index contributed by atoms with van der Waals surface area (Å²) in [6, 6.07) is 0.546. The summed E-state index contributed by atoms with van der Waals surface area (Å²) in [5.41, 5.74) is 0. The van der Waals surface area contributed by atoms with Gasteiger partial charge < -0.3 is 15.4 Å². The first-order chi connectivity index (χ1) is 10.1. The van der Waals surface area contributed by atoms with E-state index in [0.717, 1.165) is 19.4 Å². The van der Waals surface area contributed by atoms with Crippen molar-refractivity contribution in [1.29, 1.82) is 0 Å². The molecular formula is C17H32N2O2. The van der Waals surface area contributed by atoms with Crippen molar-refractivity contribution in [3.63, 3.8) is 0 Å². The van der Waals surface area contributed by atoms with E-state index in [0.29, 0.717) is 31.1 Å². The van der Waals surface area contributed by atoms with Crippen molar-refractivity contribution in [2.75, 3.05) is 19.8 Å². The van der Waals surface area contributed by atoms with Crippen LogP contribution in [0.2, 0.25) is 0 Å². The van der Waals surface area contributed by atoms with Crippen LogP contribution in [0.4, 0.5) is 0 Å². The molecule has 2 aliphatic rings. The van der Waals surface area contributed by atoms with Crippen LogP contribution in [0.5, 0.6) is 0 Å². The molecule has 1 aliphatic carbocycles. The summed E-state index contributed by atoms with van der Waals surface area (Å²) >= 11 is 0. The highest BCUT2D eigenvalue weighted by Gasteiger charge is 2.36. The van der Waals surface area contributed by atoms with Gasteiger partial charge in [0.05, 0.1) is 19.1 Å². The maximum Gasteiger partial charge on any atom is 0.227 e. The van der Waals surface area contributed by atoms with E-state index in [9.17, 15) is 4.79 Å². The standard InChI is InChI=1S/C17H32N2O2/c1-4-9-18-16-11-21-10-14(16)17(20)19-15-8-6-5-7-13(15)12(2)3/h12-16,18H,4-11H2,1-3H3,(H,19,20). The van der Waals surface area contributed by atoms with E-state index in [1.54, 1.807) is 0 Å². The second kappa shape index (κ2) is 8.14. The smallest absolute Gasteiger partial charge is 0.227 e. The molecule has 0 aromatic rings. The van der Waals surface area contributed by atoms with Gasteiger partial charge in [-0.25, -0.2) is 0 Å². The van der Waals surface area contributed by atoms with E-state index < -0.39 is 0 Å². The van der Waals surface area contributed by atoms with E-state index in [2.05, 4.69) is 31.4 Å². The van der Waals surface area contributed by atoms with Crippen LogP contribution in [0, 0.1) is 17.8 Å². The van der Waals surface area contributed by atoms with E-state index in [-0.39, 0.29) is 17.9 Å². The van der Waals surface area contributed by atoms with Crippen molar-refractivity contribution in [3.8, 4) is 0 Å². The van der Waals surface area contributed by atoms with Crippen LogP contribution >= 0.6 is 0 Å². The normalized spacial score (nSPS) is 33.3. The zero-order valence-corrected chi connectivity index (χ0v) is 13.9. The van der Waals surface area contributed by atoms with Crippen molar-refractivity contribution >= 4 is 5.91 Å². The predicted octanol–water partition coefficient (Wildman–Crippen LogP) is 2.33. The van der Waals surface area contributed by atoms with Crippen molar-refractivity contribution < 1.29 is 9.53 Å².